The predicted octanol–water partition coefficient (Wildman–Crippen LogP) is 1.82. The number of carbonyl (C=O) groups is 1. The Labute approximate surface area is 124 Å². The molecule has 0 saturated heterocycles. The van der Waals surface area contributed by atoms with Crippen molar-refractivity contribution in [3.63, 3.8) is 0 Å². The highest BCUT2D eigenvalue weighted by atomic mass is 19.3. The van der Waals surface area contributed by atoms with E-state index >= 15 is 0 Å². The van der Waals surface area contributed by atoms with Crippen molar-refractivity contribution in [1.82, 2.24) is 19.8 Å². The number of hydrogen-bond acceptors (Lipinski definition) is 6. The van der Waals surface area contributed by atoms with Crippen LogP contribution in [0.1, 0.15) is 31.5 Å². The molecule has 1 fully saturated rings. The summed E-state index contributed by atoms with van der Waals surface area (Å²) in [5, 5.41) is 14.3. The number of alkyl halides is 2. The maximum absolute atomic E-state index is 12.8. The molecular weight excluding hydrogens is 296 g/mol. The third kappa shape index (κ3) is 2.70. The van der Waals surface area contributed by atoms with E-state index in [2.05, 4.69) is 20.6 Å². The summed E-state index contributed by atoms with van der Waals surface area (Å²) < 4.78 is 31.4. The molecule has 0 amide bonds. The van der Waals surface area contributed by atoms with Gasteiger partial charge in [-0.15, -0.1) is 15.3 Å². The minimum absolute atomic E-state index is 0.0560. The highest BCUT2D eigenvalue weighted by molar-refractivity contribution is 5.72. The number of nitrogens with zero attached hydrogens (tertiary/aromatic N) is 4. The highest BCUT2D eigenvalue weighted by Gasteiger charge is 2.30. The molecule has 0 spiro atoms. The summed E-state index contributed by atoms with van der Waals surface area (Å²) in [5.74, 6) is -0.383. The molecule has 1 N–H and O–H groups in total. The van der Waals surface area contributed by atoms with Crippen molar-refractivity contribution in [2.75, 3.05) is 12.4 Å². The number of fused-ring (bicyclic) bond motifs is 1. The van der Waals surface area contributed by atoms with E-state index in [0.717, 1.165) is 17.4 Å². The molecule has 1 saturated carbocycles. The summed E-state index contributed by atoms with van der Waals surface area (Å²) in [6, 6.07) is 3.28. The fourth-order valence-corrected chi connectivity index (χ4v) is 2.72. The highest BCUT2D eigenvalue weighted by Crippen LogP contribution is 2.28. The van der Waals surface area contributed by atoms with E-state index in [1.807, 2.05) is 0 Å². The van der Waals surface area contributed by atoms with Crippen LogP contribution in [-0.4, -0.2) is 38.9 Å². The number of hydrogen-bond donors (Lipinski definition) is 1. The molecule has 0 bridgehead atoms. The Morgan fingerprint density at radius 1 is 1.41 bits per heavy atom. The average Bonchev–Trinajstić information content (AvgIpc) is 3.12. The smallest absolute Gasteiger partial charge is 0.308 e. The van der Waals surface area contributed by atoms with Crippen LogP contribution in [0.15, 0.2) is 12.1 Å². The molecule has 118 valence electrons. The van der Waals surface area contributed by atoms with Crippen molar-refractivity contribution in [3.05, 3.63) is 18.0 Å². The van der Waals surface area contributed by atoms with Crippen LogP contribution >= 0.6 is 0 Å². The zero-order chi connectivity index (χ0) is 15.7. The lowest BCUT2D eigenvalue weighted by Gasteiger charge is -2.13. The molecule has 0 aliphatic heterocycles. The Morgan fingerprint density at radius 3 is 2.95 bits per heavy atom. The van der Waals surface area contributed by atoms with Crippen LogP contribution in [-0.2, 0) is 9.53 Å². The maximum atomic E-state index is 12.8. The van der Waals surface area contributed by atoms with E-state index in [4.69, 9.17) is 4.74 Å². The molecule has 22 heavy (non-hydrogen) atoms. The Kier molecular flexibility index (Phi) is 3.86. The number of halogens is 2. The molecule has 0 unspecified atom stereocenters. The van der Waals surface area contributed by atoms with Crippen LogP contribution in [0.25, 0.3) is 5.65 Å². The summed E-state index contributed by atoms with van der Waals surface area (Å²) >= 11 is 0. The topological polar surface area (TPSA) is 81.4 Å². The third-order valence-corrected chi connectivity index (χ3v) is 3.80. The minimum atomic E-state index is -2.74. The van der Waals surface area contributed by atoms with E-state index in [1.54, 1.807) is 12.1 Å². The standard InChI is InChI=1S/C13H15F2N5O2/c1-22-13(21)7-2-3-8(6-7)16-9-4-5-10-17-18-12(11(14)15)20(10)19-9/h4-5,7-8,11H,2-3,6H2,1H3,(H,16,19)/t7-,8+/m0/s1. The quantitative estimate of drug-likeness (QED) is 0.867. The first-order valence-corrected chi connectivity index (χ1v) is 6.93. The third-order valence-electron chi connectivity index (χ3n) is 3.80. The SMILES string of the molecule is COC(=O)[C@H]1CC[C@@H](Nc2ccc3nnc(C(F)F)n3n2)C1. The van der Waals surface area contributed by atoms with E-state index in [1.165, 1.54) is 7.11 Å². The second-order valence-electron chi connectivity index (χ2n) is 5.22. The van der Waals surface area contributed by atoms with Gasteiger partial charge in [0.25, 0.3) is 6.43 Å². The van der Waals surface area contributed by atoms with Crippen molar-refractivity contribution in [3.8, 4) is 0 Å². The van der Waals surface area contributed by atoms with Crippen LogP contribution in [0.3, 0.4) is 0 Å². The molecule has 2 aromatic heterocycles. The molecule has 1 aliphatic rings. The zero-order valence-corrected chi connectivity index (χ0v) is 11.9. The normalized spacial score (nSPS) is 21.5. The number of rotatable bonds is 4. The zero-order valence-electron chi connectivity index (χ0n) is 11.9. The van der Waals surface area contributed by atoms with Crippen LogP contribution < -0.4 is 5.32 Å². The largest absolute Gasteiger partial charge is 0.469 e. The summed E-state index contributed by atoms with van der Waals surface area (Å²) in [5.41, 5.74) is 0.264. The molecule has 3 rings (SSSR count). The van der Waals surface area contributed by atoms with E-state index in [9.17, 15) is 13.6 Å². The maximum Gasteiger partial charge on any atom is 0.308 e. The number of methoxy groups -OCH3 is 1. The number of carbonyl (C=O) groups excluding carboxylic acids is 1. The van der Waals surface area contributed by atoms with Crippen molar-refractivity contribution >= 4 is 17.4 Å². The van der Waals surface area contributed by atoms with Gasteiger partial charge < -0.3 is 10.1 Å². The first-order valence-electron chi connectivity index (χ1n) is 6.93. The summed E-state index contributed by atoms with van der Waals surface area (Å²) in [6.07, 6.45) is -0.575. The van der Waals surface area contributed by atoms with Crippen molar-refractivity contribution in [2.45, 2.75) is 31.7 Å². The Balaban J connectivity index is 1.74. The summed E-state index contributed by atoms with van der Waals surface area (Å²) in [4.78, 5) is 11.5. The van der Waals surface area contributed by atoms with Gasteiger partial charge in [-0.05, 0) is 31.4 Å². The van der Waals surface area contributed by atoms with Gasteiger partial charge in [0.1, 0.15) is 5.82 Å². The van der Waals surface area contributed by atoms with Gasteiger partial charge in [0.05, 0.1) is 13.0 Å². The van der Waals surface area contributed by atoms with Gasteiger partial charge in [-0.3, -0.25) is 4.79 Å². The average molecular weight is 311 g/mol. The molecule has 1 aliphatic carbocycles. The molecule has 0 radical (unpaired) electrons. The Hall–Kier alpha value is -2.32. The first kappa shape index (κ1) is 14.6. The Morgan fingerprint density at radius 2 is 2.23 bits per heavy atom. The van der Waals surface area contributed by atoms with Gasteiger partial charge in [0, 0.05) is 6.04 Å². The fraction of sp³-hybridized carbons (Fsp3) is 0.538. The minimum Gasteiger partial charge on any atom is -0.469 e. The summed E-state index contributed by atoms with van der Waals surface area (Å²) in [7, 11) is 1.37. The van der Waals surface area contributed by atoms with Crippen LogP contribution in [0, 0.1) is 5.92 Å². The van der Waals surface area contributed by atoms with E-state index in [-0.39, 0.29) is 23.6 Å². The second-order valence-corrected chi connectivity index (χ2v) is 5.22. The number of aromatic nitrogens is 4. The molecule has 2 atom stereocenters. The van der Waals surface area contributed by atoms with E-state index < -0.39 is 12.2 Å². The molecule has 2 aromatic rings. The van der Waals surface area contributed by atoms with Crippen molar-refractivity contribution in [1.29, 1.82) is 0 Å². The number of anilines is 1. The van der Waals surface area contributed by atoms with Gasteiger partial charge in [-0.25, -0.2) is 8.78 Å². The lowest BCUT2D eigenvalue weighted by molar-refractivity contribution is -0.145. The lowest BCUT2D eigenvalue weighted by atomic mass is 10.1. The molecular formula is C13H15F2N5O2. The van der Waals surface area contributed by atoms with Crippen molar-refractivity contribution < 1.29 is 18.3 Å². The van der Waals surface area contributed by atoms with E-state index in [0.29, 0.717) is 12.2 Å². The second kappa shape index (κ2) is 5.82. The fourth-order valence-electron chi connectivity index (χ4n) is 2.72. The summed E-state index contributed by atoms with van der Waals surface area (Å²) in [6.45, 7) is 0. The van der Waals surface area contributed by atoms with Gasteiger partial charge in [0.2, 0.25) is 5.82 Å². The van der Waals surface area contributed by atoms with Gasteiger partial charge in [0.15, 0.2) is 5.65 Å². The molecule has 7 nitrogen and oxygen atoms in total. The molecule has 0 aromatic carbocycles. The molecule has 9 heteroatoms. The number of esters is 1. The van der Waals surface area contributed by atoms with Crippen LogP contribution in [0.4, 0.5) is 14.6 Å². The lowest BCUT2D eigenvalue weighted by Crippen LogP contribution is -2.20. The van der Waals surface area contributed by atoms with Crippen LogP contribution in [0.5, 0.6) is 0 Å². The van der Waals surface area contributed by atoms with Crippen molar-refractivity contribution in [2.24, 2.45) is 5.92 Å². The first-order chi connectivity index (χ1) is 10.6. The predicted molar refractivity (Wildman–Crippen MR) is 72.5 cm³/mol. The van der Waals surface area contributed by atoms with Crippen LogP contribution in [0.2, 0.25) is 0 Å². The van der Waals surface area contributed by atoms with Gasteiger partial charge in [-0.1, -0.05) is 0 Å². The number of nitrogens with one attached hydrogen (secondary N) is 1. The number of ether oxygens (including phenoxy) is 1. The van der Waals surface area contributed by atoms with Gasteiger partial charge >= 0.3 is 5.97 Å². The Bertz CT molecular complexity index is 690. The monoisotopic (exact) mass is 311 g/mol. The molecule has 2 heterocycles. The van der Waals surface area contributed by atoms with Gasteiger partial charge in [-0.2, -0.15) is 4.52 Å².